The molecule has 1 aromatic heterocycles. The van der Waals surface area contributed by atoms with E-state index in [1.165, 1.54) is 0 Å². The normalized spacial score (nSPS) is 11.6. The van der Waals surface area contributed by atoms with E-state index < -0.39 is 39.4 Å². The Morgan fingerprint density at radius 2 is 1.93 bits per heavy atom. The van der Waals surface area contributed by atoms with Crippen LogP contribution in [0, 0.1) is 10.1 Å². The maximum Gasteiger partial charge on any atom is 0.432 e. The van der Waals surface area contributed by atoms with Gasteiger partial charge < -0.3 is 14.8 Å². The van der Waals surface area contributed by atoms with E-state index >= 15 is 0 Å². The fraction of sp³-hybridized carbons (Fsp3) is 0.211. The Hall–Kier alpha value is -3.27. The van der Waals surface area contributed by atoms with Crippen molar-refractivity contribution in [2.45, 2.75) is 19.2 Å². The smallest absolute Gasteiger partial charge is 0.432 e. The van der Waals surface area contributed by atoms with Crippen LogP contribution in [-0.4, -0.2) is 26.9 Å². The third-order valence-electron chi connectivity index (χ3n) is 4.40. The van der Waals surface area contributed by atoms with Crippen LogP contribution in [-0.2, 0) is 19.2 Å². The summed E-state index contributed by atoms with van der Waals surface area (Å²) in [5.74, 6) is -2.30. The summed E-state index contributed by atoms with van der Waals surface area (Å²) in [5.41, 5.74) is -3.03. The number of carboxylic acid groups (broad SMARTS) is 1. The van der Waals surface area contributed by atoms with Crippen LogP contribution in [0.4, 0.5) is 18.9 Å². The summed E-state index contributed by atoms with van der Waals surface area (Å²) >= 11 is 5.69. The van der Waals surface area contributed by atoms with Crippen molar-refractivity contribution >= 4 is 34.2 Å². The van der Waals surface area contributed by atoms with Crippen LogP contribution in [0.5, 0.6) is 5.75 Å². The summed E-state index contributed by atoms with van der Waals surface area (Å²) in [7, 11) is 0. The van der Waals surface area contributed by atoms with Crippen molar-refractivity contribution in [2.24, 2.45) is 0 Å². The highest BCUT2D eigenvalue weighted by molar-refractivity contribution is 6.18. The lowest BCUT2D eigenvalue weighted by molar-refractivity contribution is -0.385. The number of nitro benzene ring substituents is 1. The summed E-state index contributed by atoms with van der Waals surface area (Å²) in [6, 6.07) is 9.58. The maximum absolute atomic E-state index is 13.5. The number of rotatable bonds is 7. The number of nitrogens with one attached hydrogen (secondary N) is 1. The van der Waals surface area contributed by atoms with Crippen LogP contribution in [0.2, 0.25) is 0 Å². The number of carboxylic acids is 1. The highest BCUT2D eigenvalue weighted by Crippen LogP contribution is 2.43. The summed E-state index contributed by atoms with van der Waals surface area (Å²) in [6.07, 6.45) is -5.24. The summed E-state index contributed by atoms with van der Waals surface area (Å²) in [4.78, 5) is 24.5. The second-order valence-electron chi connectivity index (χ2n) is 6.27. The quantitative estimate of drug-likeness (QED) is 0.299. The van der Waals surface area contributed by atoms with E-state index in [1.807, 2.05) is 0 Å². The number of ether oxygens (including phenoxy) is 1. The molecule has 0 saturated carbocycles. The largest absolute Gasteiger partial charge is 0.486 e. The Morgan fingerprint density at radius 3 is 2.47 bits per heavy atom. The number of carbonyl (C=O) groups is 1. The van der Waals surface area contributed by atoms with Gasteiger partial charge in [-0.2, -0.15) is 13.2 Å². The minimum atomic E-state index is -5.03. The van der Waals surface area contributed by atoms with Crippen molar-refractivity contribution in [1.29, 1.82) is 0 Å². The zero-order valence-electron chi connectivity index (χ0n) is 15.1. The van der Waals surface area contributed by atoms with Crippen LogP contribution >= 0.6 is 11.6 Å². The molecule has 11 heteroatoms. The van der Waals surface area contributed by atoms with E-state index in [1.54, 1.807) is 30.3 Å². The molecule has 0 radical (unpaired) electrons. The van der Waals surface area contributed by atoms with Crippen LogP contribution in [0.25, 0.3) is 10.9 Å². The number of aromatic nitrogens is 1. The standard InChI is InChI=1S/C19H14ClF3N2O5/c20-7-6-11-12(25(28)29)8-13(30-9-10-4-2-1-3-5-10)16-14(11)15(18(26)27)17(24-16)19(21,22)23/h1-5,8,24H,6-7,9H2,(H,26,27). The predicted octanol–water partition coefficient (Wildman–Crippen LogP) is 5.15. The molecule has 0 aliphatic carbocycles. The predicted molar refractivity (Wildman–Crippen MR) is 102 cm³/mol. The maximum atomic E-state index is 13.5. The molecule has 1 heterocycles. The van der Waals surface area contributed by atoms with E-state index in [0.29, 0.717) is 5.56 Å². The molecule has 30 heavy (non-hydrogen) atoms. The van der Waals surface area contributed by atoms with Crippen molar-refractivity contribution in [1.82, 2.24) is 4.98 Å². The van der Waals surface area contributed by atoms with Crippen LogP contribution in [0.3, 0.4) is 0 Å². The fourth-order valence-electron chi connectivity index (χ4n) is 3.18. The molecule has 0 spiro atoms. The van der Waals surface area contributed by atoms with Gasteiger partial charge in [0.15, 0.2) is 5.75 Å². The van der Waals surface area contributed by atoms with E-state index in [4.69, 9.17) is 16.3 Å². The molecule has 0 amide bonds. The first kappa shape index (κ1) is 21.4. The van der Waals surface area contributed by atoms with Crippen molar-refractivity contribution in [2.75, 3.05) is 5.88 Å². The number of fused-ring (bicyclic) bond motifs is 1. The van der Waals surface area contributed by atoms with Gasteiger partial charge in [-0.25, -0.2) is 4.79 Å². The molecular formula is C19H14ClF3N2O5. The topological polar surface area (TPSA) is 105 Å². The first-order valence-electron chi connectivity index (χ1n) is 8.54. The van der Waals surface area contributed by atoms with Crippen molar-refractivity contribution in [3.63, 3.8) is 0 Å². The van der Waals surface area contributed by atoms with Crippen LogP contribution in [0.1, 0.15) is 27.2 Å². The number of benzene rings is 2. The molecule has 3 aromatic rings. The average molecular weight is 443 g/mol. The Bertz CT molecular complexity index is 1110. The number of hydrogen-bond donors (Lipinski definition) is 2. The third kappa shape index (κ3) is 4.04. The van der Waals surface area contributed by atoms with Crippen molar-refractivity contribution in [3.8, 4) is 5.75 Å². The molecule has 158 valence electrons. The first-order chi connectivity index (χ1) is 14.1. The van der Waals surface area contributed by atoms with Gasteiger partial charge in [0.2, 0.25) is 0 Å². The molecule has 0 saturated heterocycles. The first-order valence-corrected chi connectivity index (χ1v) is 9.07. The van der Waals surface area contributed by atoms with Gasteiger partial charge in [-0.1, -0.05) is 30.3 Å². The lowest BCUT2D eigenvalue weighted by Crippen LogP contribution is -2.12. The number of alkyl halides is 4. The second-order valence-corrected chi connectivity index (χ2v) is 6.65. The monoisotopic (exact) mass is 442 g/mol. The van der Waals surface area contributed by atoms with E-state index in [2.05, 4.69) is 4.98 Å². The number of aromatic amines is 1. The Balaban J connectivity index is 2.32. The van der Waals surface area contributed by atoms with Crippen LogP contribution in [0.15, 0.2) is 36.4 Å². The van der Waals surface area contributed by atoms with E-state index in [-0.39, 0.29) is 35.7 Å². The zero-order chi connectivity index (χ0) is 22.1. The van der Waals surface area contributed by atoms with Gasteiger partial charge in [0, 0.05) is 16.8 Å². The van der Waals surface area contributed by atoms with E-state index in [9.17, 15) is 33.2 Å². The van der Waals surface area contributed by atoms with Gasteiger partial charge in [0.25, 0.3) is 5.69 Å². The molecule has 2 aromatic carbocycles. The lowest BCUT2D eigenvalue weighted by atomic mass is 10.00. The highest BCUT2D eigenvalue weighted by Gasteiger charge is 2.41. The van der Waals surface area contributed by atoms with Gasteiger partial charge in [-0.05, 0) is 12.0 Å². The number of nitro groups is 1. The van der Waals surface area contributed by atoms with Gasteiger partial charge in [0.1, 0.15) is 12.3 Å². The van der Waals surface area contributed by atoms with Gasteiger partial charge in [-0.3, -0.25) is 10.1 Å². The number of nitrogens with zero attached hydrogens (tertiary/aromatic N) is 1. The zero-order valence-corrected chi connectivity index (χ0v) is 15.9. The van der Waals surface area contributed by atoms with Gasteiger partial charge in [-0.15, -0.1) is 11.6 Å². The fourth-order valence-corrected chi connectivity index (χ4v) is 3.37. The highest BCUT2D eigenvalue weighted by atomic mass is 35.5. The molecule has 2 N–H and O–H groups in total. The minimum Gasteiger partial charge on any atom is -0.486 e. The molecular weight excluding hydrogens is 429 g/mol. The molecule has 0 unspecified atom stereocenters. The molecule has 0 atom stereocenters. The molecule has 0 fully saturated rings. The van der Waals surface area contributed by atoms with Gasteiger partial charge >= 0.3 is 12.1 Å². The van der Waals surface area contributed by atoms with E-state index in [0.717, 1.165) is 6.07 Å². The molecule has 7 nitrogen and oxygen atoms in total. The van der Waals surface area contributed by atoms with Crippen molar-refractivity contribution in [3.05, 3.63) is 68.9 Å². The number of hydrogen-bond acceptors (Lipinski definition) is 4. The Morgan fingerprint density at radius 1 is 1.27 bits per heavy atom. The summed E-state index contributed by atoms with van der Waals surface area (Å²) in [5, 5.41) is 20.6. The number of halogens is 4. The van der Waals surface area contributed by atoms with Crippen LogP contribution < -0.4 is 4.74 Å². The minimum absolute atomic E-state index is 0.0925. The summed E-state index contributed by atoms with van der Waals surface area (Å²) < 4.78 is 46.1. The van der Waals surface area contributed by atoms with Gasteiger partial charge in [0.05, 0.1) is 22.1 Å². The lowest BCUT2D eigenvalue weighted by Gasteiger charge is -2.11. The average Bonchev–Trinajstić information content (AvgIpc) is 3.09. The SMILES string of the molecule is O=C(O)c1c(C(F)(F)F)[nH]c2c(OCc3ccccc3)cc([N+](=O)[O-])c(CCCl)c12. The number of H-pyrrole nitrogens is 1. The van der Waals surface area contributed by atoms with Crippen molar-refractivity contribution < 1.29 is 32.7 Å². The number of aryl methyl sites for hydroxylation is 1. The molecule has 0 aliphatic rings. The summed E-state index contributed by atoms with van der Waals surface area (Å²) in [6.45, 7) is -0.0925. The third-order valence-corrected chi connectivity index (χ3v) is 4.59. The number of aromatic carboxylic acids is 1. The molecule has 0 bridgehead atoms. The second kappa shape index (κ2) is 8.23. The molecule has 0 aliphatic heterocycles. The Labute approximate surface area is 172 Å². The Kier molecular flexibility index (Phi) is 5.88. The molecule has 3 rings (SSSR count).